The van der Waals surface area contributed by atoms with Gasteiger partial charge in [-0.1, -0.05) is 19.9 Å². The van der Waals surface area contributed by atoms with Crippen LogP contribution in [0.15, 0.2) is 17.6 Å². The molecule has 2 aliphatic carbocycles. The molecule has 0 spiro atoms. The van der Waals surface area contributed by atoms with Gasteiger partial charge in [-0.25, -0.2) is 0 Å². The molecule has 2 aliphatic rings. The highest BCUT2D eigenvalue weighted by Crippen LogP contribution is 2.68. The van der Waals surface area contributed by atoms with Crippen LogP contribution in [0.2, 0.25) is 0 Å². The molecule has 0 radical (unpaired) electrons. The topological polar surface area (TPSA) is 29.4 Å². The van der Waals surface area contributed by atoms with Crippen molar-refractivity contribution in [3.63, 3.8) is 0 Å². The van der Waals surface area contributed by atoms with E-state index in [1.54, 1.807) is 6.08 Å². The number of fused-ring (bicyclic) bond motifs is 1. The molecule has 2 fully saturated rings. The van der Waals surface area contributed by atoms with Crippen LogP contribution >= 0.6 is 0 Å². The van der Waals surface area contributed by atoms with Gasteiger partial charge in [0.05, 0.1) is 12.5 Å². The molecular weight excluding hydrogens is 186 g/mol. The zero-order chi connectivity index (χ0) is 11.2. The second kappa shape index (κ2) is 3.29. The maximum Gasteiger partial charge on any atom is 0.142 e. The number of hydrogen-bond donors (Lipinski definition) is 0. The van der Waals surface area contributed by atoms with E-state index in [0.717, 1.165) is 12.1 Å². The highest BCUT2D eigenvalue weighted by Gasteiger charge is 2.67. The molecule has 2 nitrogen and oxygen atoms in total. The Labute approximate surface area is 91.5 Å². The molecule has 0 aromatic rings. The van der Waals surface area contributed by atoms with Crippen molar-refractivity contribution in [1.82, 2.24) is 0 Å². The van der Waals surface area contributed by atoms with E-state index in [4.69, 9.17) is 0 Å². The number of ketones is 1. The van der Waals surface area contributed by atoms with Gasteiger partial charge < -0.3 is 0 Å². The largest absolute Gasteiger partial charge is 0.299 e. The first-order valence-corrected chi connectivity index (χ1v) is 5.64. The number of aliphatic imine (C=N–C) groups is 1. The summed E-state index contributed by atoms with van der Waals surface area (Å²) in [7, 11) is 0. The molecule has 0 bridgehead atoms. The van der Waals surface area contributed by atoms with Gasteiger partial charge in [0.25, 0.3) is 0 Å². The fraction of sp³-hybridized carbons (Fsp3) is 0.692. The Bertz CT molecular complexity index is 340. The van der Waals surface area contributed by atoms with E-state index in [2.05, 4.69) is 25.4 Å². The Balaban J connectivity index is 2.15. The lowest BCUT2D eigenvalue weighted by molar-refractivity contribution is -0.120. The molecular formula is C13H19NO. The summed E-state index contributed by atoms with van der Waals surface area (Å²) in [5.74, 6) is 1.67. The zero-order valence-electron chi connectivity index (χ0n) is 9.79. The minimum atomic E-state index is 0.102. The van der Waals surface area contributed by atoms with Gasteiger partial charge in [-0.3, -0.25) is 9.79 Å². The Morgan fingerprint density at radius 3 is 2.87 bits per heavy atom. The Morgan fingerprint density at radius 2 is 2.33 bits per heavy atom. The molecule has 2 heteroatoms. The van der Waals surface area contributed by atoms with Crippen molar-refractivity contribution in [1.29, 1.82) is 0 Å². The van der Waals surface area contributed by atoms with Crippen molar-refractivity contribution >= 4 is 11.5 Å². The molecule has 1 unspecified atom stereocenters. The van der Waals surface area contributed by atoms with E-state index in [9.17, 15) is 4.79 Å². The Kier molecular flexibility index (Phi) is 2.32. The van der Waals surface area contributed by atoms with Crippen molar-refractivity contribution in [2.24, 2.45) is 28.2 Å². The van der Waals surface area contributed by atoms with Crippen LogP contribution in [0.4, 0.5) is 0 Å². The Morgan fingerprint density at radius 1 is 1.67 bits per heavy atom. The van der Waals surface area contributed by atoms with Gasteiger partial charge >= 0.3 is 0 Å². The molecule has 2 saturated carbocycles. The SMILES string of the molecule is C=CCN=C(C)C1C(=O)C[C@@H]2[C@H]1C2(C)C. The minimum Gasteiger partial charge on any atom is -0.299 e. The van der Waals surface area contributed by atoms with E-state index >= 15 is 0 Å². The van der Waals surface area contributed by atoms with Crippen LogP contribution in [0, 0.1) is 23.2 Å². The first kappa shape index (κ1) is 10.6. The van der Waals surface area contributed by atoms with E-state index < -0.39 is 0 Å². The van der Waals surface area contributed by atoms with Gasteiger partial charge in [-0.2, -0.15) is 0 Å². The fourth-order valence-corrected chi connectivity index (χ4v) is 3.18. The van der Waals surface area contributed by atoms with Gasteiger partial charge in [0.2, 0.25) is 0 Å². The lowest BCUT2D eigenvalue weighted by Crippen LogP contribution is -2.24. The van der Waals surface area contributed by atoms with Gasteiger partial charge in [0.15, 0.2) is 0 Å². The number of hydrogen-bond acceptors (Lipinski definition) is 2. The van der Waals surface area contributed by atoms with E-state index in [-0.39, 0.29) is 5.92 Å². The minimum absolute atomic E-state index is 0.102. The third-order valence-electron chi connectivity index (χ3n) is 4.19. The first-order chi connectivity index (χ1) is 7.00. The Hall–Kier alpha value is -0.920. The summed E-state index contributed by atoms with van der Waals surface area (Å²) in [5.41, 5.74) is 1.38. The van der Waals surface area contributed by atoms with E-state index in [0.29, 0.717) is 29.6 Å². The lowest BCUT2D eigenvalue weighted by atomic mass is 9.89. The van der Waals surface area contributed by atoms with Crippen LogP contribution in [0.5, 0.6) is 0 Å². The summed E-state index contributed by atoms with van der Waals surface area (Å²) in [4.78, 5) is 16.2. The third kappa shape index (κ3) is 1.47. The average molecular weight is 205 g/mol. The summed E-state index contributed by atoms with van der Waals surface area (Å²) in [5, 5.41) is 0. The molecule has 15 heavy (non-hydrogen) atoms. The number of carbonyl (C=O) groups is 1. The highest BCUT2D eigenvalue weighted by atomic mass is 16.1. The second-order valence-corrected chi connectivity index (χ2v) is 5.37. The molecule has 82 valence electrons. The maximum atomic E-state index is 11.8. The van der Waals surface area contributed by atoms with Crippen molar-refractivity contribution in [2.45, 2.75) is 27.2 Å². The number of rotatable bonds is 3. The predicted octanol–water partition coefficient (Wildman–Crippen LogP) is 2.49. The maximum absolute atomic E-state index is 11.8. The molecule has 0 saturated heterocycles. The molecule has 2 rings (SSSR count). The summed E-state index contributed by atoms with van der Waals surface area (Å²) < 4.78 is 0. The highest BCUT2D eigenvalue weighted by molar-refractivity contribution is 6.07. The molecule has 0 amide bonds. The third-order valence-corrected chi connectivity index (χ3v) is 4.19. The first-order valence-electron chi connectivity index (χ1n) is 5.64. The molecule has 0 heterocycles. The van der Waals surface area contributed by atoms with E-state index in [1.165, 1.54) is 0 Å². The quantitative estimate of drug-likeness (QED) is 0.514. The van der Waals surface area contributed by atoms with Crippen molar-refractivity contribution < 1.29 is 4.79 Å². The second-order valence-electron chi connectivity index (χ2n) is 5.37. The lowest BCUT2D eigenvalue weighted by Gasteiger charge is -2.16. The van der Waals surface area contributed by atoms with Crippen LogP contribution < -0.4 is 0 Å². The average Bonchev–Trinajstić information content (AvgIpc) is 2.59. The van der Waals surface area contributed by atoms with E-state index in [1.807, 2.05) is 6.92 Å². The monoisotopic (exact) mass is 205 g/mol. The van der Waals surface area contributed by atoms with Crippen LogP contribution in [-0.4, -0.2) is 18.0 Å². The molecule has 0 aromatic heterocycles. The summed E-state index contributed by atoms with van der Waals surface area (Å²) >= 11 is 0. The smallest absolute Gasteiger partial charge is 0.142 e. The van der Waals surface area contributed by atoms with Crippen LogP contribution in [0.1, 0.15) is 27.2 Å². The van der Waals surface area contributed by atoms with Gasteiger partial charge in [0.1, 0.15) is 5.78 Å². The van der Waals surface area contributed by atoms with Crippen molar-refractivity contribution in [3.8, 4) is 0 Å². The molecule has 3 atom stereocenters. The fourth-order valence-electron chi connectivity index (χ4n) is 3.18. The van der Waals surface area contributed by atoms with Gasteiger partial charge in [0, 0.05) is 12.1 Å². The normalized spacial score (nSPS) is 37.7. The summed E-state index contributed by atoms with van der Waals surface area (Å²) in [6, 6.07) is 0. The predicted molar refractivity (Wildman–Crippen MR) is 62.0 cm³/mol. The van der Waals surface area contributed by atoms with Crippen LogP contribution in [0.25, 0.3) is 0 Å². The molecule has 0 N–H and O–H groups in total. The summed E-state index contributed by atoms with van der Waals surface area (Å²) in [6.45, 7) is 10.8. The molecule has 0 aliphatic heterocycles. The number of carbonyl (C=O) groups excluding carboxylic acids is 1. The standard InChI is InChI=1S/C13H19NO/c1-5-6-14-8(2)11-10(15)7-9-12(11)13(9,3)4/h5,9,11-12H,1,6-7H2,2-4H3/t9-,11?,12-/m1/s1. The van der Waals surface area contributed by atoms with Crippen molar-refractivity contribution in [2.75, 3.05) is 6.54 Å². The van der Waals surface area contributed by atoms with Crippen LogP contribution in [-0.2, 0) is 4.79 Å². The summed E-state index contributed by atoms with van der Waals surface area (Å²) in [6.07, 6.45) is 2.54. The van der Waals surface area contributed by atoms with Crippen molar-refractivity contribution in [3.05, 3.63) is 12.7 Å². The van der Waals surface area contributed by atoms with Gasteiger partial charge in [-0.15, -0.1) is 6.58 Å². The van der Waals surface area contributed by atoms with Crippen LogP contribution in [0.3, 0.4) is 0 Å². The van der Waals surface area contributed by atoms with Gasteiger partial charge in [-0.05, 0) is 24.2 Å². The zero-order valence-corrected chi connectivity index (χ0v) is 9.79. The number of nitrogens with zero attached hydrogens (tertiary/aromatic N) is 1. The number of Topliss-reactive ketones (excluding diaryl/α,β-unsaturated/α-hetero) is 1. The molecule has 0 aromatic carbocycles.